The van der Waals surface area contributed by atoms with E-state index in [2.05, 4.69) is 30.8 Å². The zero-order valence-corrected chi connectivity index (χ0v) is 7.99. The van der Waals surface area contributed by atoms with E-state index in [1.807, 2.05) is 24.4 Å². The number of anilines is 1. The summed E-state index contributed by atoms with van der Waals surface area (Å²) in [5, 5.41) is 0. The molecule has 0 spiro atoms. The molecule has 12 heavy (non-hydrogen) atoms. The molecule has 0 fully saturated rings. The van der Waals surface area contributed by atoms with Gasteiger partial charge >= 0.3 is 0 Å². The predicted octanol–water partition coefficient (Wildman–Crippen LogP) is 2.17. The van der Waals surface area contributed by atoms with Crippen molar-refractivity contribution in [3.05, 3.63) is 24.4 Å². The first-order chi connectivity index (χ1) is 5.70. The lowest BCUT2D eigenvalue weighted by Crippen LogP contribution is -2.23. The Kier molecular flexibility index (Phi) is 3.09. The van der Waals surface area contributed by atoms with Crippen LogP contribution in [0.5, 0.6) is 0 Å². The molecular formula is C10H16N2. The summed E-state index contributed by atoms with van der Waals surface area (Å²) in [5.41, 5.74) is 0. The summed E-state index contributed by atoms with van der Waals surface area (Å²) in [4.78, 5) is 6.43. The fraction of sp³-hybridized carbons (Fsp3) is 0.500. The van der Waals surface area contributed by atoms with Crippen molar-refractivity contribution in [2.24, 2.45) is 5.92 Å². The van der Waals surface area contributed by atoms with Crippen LogP contribution in [-0.2, 0) is 0 Å². The molecule has 0 radical (unpaired) electrons. The van der Waals surface area contributed by atoms with Crippen LogP contribution in [0.1, 0.15) is 13.8 Å². The van der Waals surface area contributed by atoms with Gasteiger partial charge in [-0.15, -0.1) is 0 Å². The molecule has 0 amide bonds. The van der Waals surface area contributed by atoms with E-state index in [0.717, 1.165) is 12.4 Å². The van der Waals surface area contributed by atoms with Crippen molar-refractivity contribution in [3.63, 3.8) is 0 Å². The lowest BCUT2D eigenvalue weighted by atomic mass is 10.2. The van der Waals surface area contributed by atoms with E-state index in [-0.39, 0.29) is 0 Å². The molecule has 1 rings (SSSR count). The molecule has 0 aliphatic heterocycles. The second kappa shape index (κ2) is 4.10. The minimum atomic E-state index is 0.678. The SMILES string of the molecule is CC(C)CN(C)c1ccccn1. The van der Waals surface area contributed by atoms with Crippen LogP contribution >= 0.6 is 0 Å². The molecule has 1 aromatic heterocycles. The molecule has 0 saturated carbocycles. The van der Waals surface area contributed by atoms with Gasteiger partial charge in [0.1, 0.15) is 5.82 Å². The zero-order chi connectivity index (χ0) is 8.97. The molecular weight excluding hydrogens is 148 g/mol. The van der Waals surface area contributed by atoms with Crippen molar-refractivity contribution in [1.82, 2.24) is 4.98 Å². The molecule has 0 N–H and O–H groups in total. The number of hydrogen-bond acceptors (Lipinski definition) is 2. The standard InChI is InChI=1S/C10H16N2/c1-9(2)8-12(3)10-6-4-5-7-11-10/h4-7,9H,8H2,1-3H3. The van der Waals surface area contributed by atoms with E-state index in [9.17, 15) is 0 Å². The van der Waals surface area contributed by atoms with E-state index in [0.29, 0.717) is 5.92 Å². The maximum atomic E-state index is 4.26. The van der Waals surface area contributed by atoms with Gasteiger partial charge in [-0.3, -0.25) is 0 Å². The lowest BCUT2D eigenvalue weighted by molar-refractivity contribution is 0.634. The Morgan fingerprint density at radius 2 is 2.17 bits per heavy atom. The second-order valence-electron chi connectivity index (χ2n) is 3.46. The third-order valence-electron chi connectivity index (χ3n) is 1.68. The smallest absolute Gasteiger partial charge is 0.128 e. The summed E-state index contributed by atoms with van der Waals surface area (Å²) >= 11 is 0. The lowest BCUT2D eigenvalue weighted by Gasteiger charge is -2.19. The molecule has 1 heterocycles. The quantitative estimate of drug-likeness (QED) is 0.680. The molecule has 2 nitrogen and oxygen atoms in total. The Hall–Kier alpha value is -1.05. The molecule has 0 aliphatic rings. The topological polar surface area (TPSA) is 16.1 Å². The third kappa shape index (κ3) is 2.53. The van der Waals surface area contributed by atoms with Gasteiger partial charge in [0.05, 0.1) is 0 Å². The molecule has 0 aliphatic carbocycles. The van der Waals surface area contributed by atoms with Gasteiger partial charge in [0.2, 0.25) is 0 Å². The van der Waals surface area contributed by atoms with Gasteiger partial charge in [-0.2, -0.15) is 0 Å². The average Bonchev–Trinajstić information content (AvgIpc) is 2.05. The maximum Gasteiger partial charge on any atom is 0.128 e. The molecule has 0 saturated heterocycles. The van der Waals surface area contributed by atoms with E-state index in [4.69, 9.17) is 0 Å². The van der Waals surface area contributed by atoms with Gasteiger partial charge in [-0.25, -0.2) is 4.98 Å². The van der Waals surface area contributed by atoms with Gasteiger partial charge in [-0.05, 0) is 18.1 Å². The Balaban J connectivity index is 2.59. The van der Waals surface area contributed by atoms with E-state index in [1.165, 1.54) is 0 Å². The van der Waals surface area contributed by atoms with E-state index >= 15 is 0 Å². The molecule has 0 unspecified atom stereocenters. The Labute approximate surface area is 74.2 Å². The molecule has 66 valence electrons. The molecule has 0 bridgehead atoms. The molecule has 0 aromatic carbocycles. The van der Waals surface area contributed by atoms with Crippen molar-refractivity contribution in [1.29, 1.82) is 0 Å². The van der Waals surface area contributed by atoms with Crippen LogP contribution in [0.4, 0.5) is 5.82 Å². The average molecular weight is 164 g/mol. The van der Waals surface area contributed by atoms with Gasteiger partial charge in [0.25, 0.3) is 0 Å². The van der Waals surface area contributed by atoms with Gasteiger partial charge in [0, 0.05) is 19.8 Å². The highest BCUT2D eigenvalue weighted by atomic mass is 15.2. The number of aromatic nitrogens is 1. The van der Waals surface area contributed by atoms with Crippen LogP contribution in [0.2, 0.25) is 0 Å². The summed E-state index contributed by atoms with van der Waals surface area (Å²) in [6.07, 6.45) is 1.83. The fourth-order valence-corrected chi connectivity index (χ4v) is 1.22. The molecule has 1 aromatic rings. The summed E-state index contributed by atoms with van der Waals surface area (Å²) in [6.45, 7) is 5.47. The first-order valence-electron chi connectivity index (χ1n) is 4.32. The summed E-state index contributed by atoms with van der Waals surface area (Å²) < 4.78 is 0. The highest BCUT2D eigenvalue weighted by molar-refractivity contribution is 5.36. The monoisotopic (exact) mass is 164 g/mol. The summed E-state index contributed by atoms with van der Waals surface area (Å²) in [6, 6.07) is 5.98. The van der Waals surface area contributed by atoms with Crippen LogP contribution in [0.3, 0.4) is 0 Å². The van der Waals surface area contributed by atoms with Crippen LogP contribution < -0.4 is 4.90 Å². The first-order valence-corrected chi connectivity index (χ1v) is 4.32. The first kappa shape index (κ1) is 9.04. The van der Waals surface area contributed by atoms with Crippen molar-refractivity contribution < 1.29 is 0 Å². The number of hydrogen-bond donors (Lipinski definition) is 0. The highest BCUT2D eigenvalue weighted by Gasteiger charge is 2.02. The Morgan fingerprint density at radius 1 is 1.42 bits per heavy atom. The molecule has 2 heteroatoms. The Bertz CT molecular complexity index is 219. The van der Waals surface area contributed by atoms with Crippen molar-refractivity contribution >= 4 is 5.82 Å². The van der Waals surface area contributed by atoms with E-state index < -0.39 is 0 Å². The summed E-state index contributed by atoms with van der Waals surface area (Å²) in [7, 11) is 2.07. The van der Waals surface area contributed by atoms with Gasteiger partial charge < -0.3 is 4.90 Å². The van der Waals surface area contributed by atoms with Crippen molar-refractivity contribution in [3.8, 4) is 0 Å². The normalized spacial score (nSPS) is 10.3. The second-order valence-corrected chi connectivity index (χ2v) is 3.46. The van der Waals surface area contributed by atoms with Crippen LogP contribution in [0.15, 0.2) is 24.4 Å². The van der Waals surface area contributed by atoms with Gasteiger partial charge in [-0.1, -0.05) is 19.9 Å². The maximum absolute atomic E-state index is 4.26. The largest absolute Gasteiger partial charge is 0.359 e. The Morgan fingerprint density at radius 3 is 2.67 bits per heavy atom. The minimum absolute atomic E-state index is 0.678. The van der Waals surface area contributed by atoms with Crippen LogP contribution in [0, 0.1) is 5.92 Å². The summed E-state index contributed by atoms with van der Waals surface area (Å²) in [5.74, 6) is 1.73. The predicted molar refractivity (Wildman–Crippen MR) is 52.3 cm³/mol. The fourth-order valence-electron chi connectivity index (χ4n) is 1.22. The van der Waals surface area contributed by atoms with Crippen molar-refractivity contribution in [2.45, 2.75) is 13.8 Å². The van der Waals surface area contributed by atoms with E-state index in [1.54, 1.807) is 0 Å². The zero-order valence-electron chi connectivity index (χ0n) is 7.99. The highest BCUT2D eigenvalue weighted by Crippen LogP contribution is 2.08. The van der Waals surface area contributed by atoms with Crippen molar-refractivity contribution in [2.75, 3.05) is 18.5 Å². The van der Waals surface area contributed by atoms with Crippen LogP contribution in [-0.4, -0.2) is 18.6 Å². The number of pyridine rings is 1. The van der Waals surface area contributed by atoms with Crippen LogP contribution in [0.25, 0.3) is 0 Å². The number of rotatable bonds is 3. The molecule has 0 atom stereocenters. The minimum Gasteiger partial charge on any atom is -0.359 e. The number of nitrogens with zero attached hydrogens (tertiary/aromatic N) is 2. The van der Waals surface area contributed by atoms with Gasteiger partial charge in [0.15, 0.2) is 0 Å². The third-order valence-corrected chi connectivity index (χ3v) is 1.68.